The third-order valence-electron chi connectivity index (χ3n) is 2.33. The van der Waals surface area contributed by atoms with Gasteiger partial charge >= 0.3 is 0 Å². The first-order valence-corrected chi connectivity index (χ1v) is 4.64. The van der Waals surface area contributed by atoms with Crippen molar-refractivity contribution >= 4 is 11.6 Å². The van der Waals surface area contributed by atoms with E-state index in [4.69, 9.17) is 16.0 Å². The Balaban J connectivity index is 2.38. The first kappa shape index (κ1) is 8.14. The lowest BCUT2D eigenvalue weighted by molar-refractivity contribution is 0.466. The molecule has 0 saturated carbocycles. The van der Waals surface area contributed by atoms with Gasteiger partial charge in [0, 0.05) is 24.1 Å². The van der Waals surface area contributed by atoms with Gasteiger partial charge in [-0.25, -0.2) is 0 Å². The molecule has 0 radical (unpaired) electrons. The number of hydrogen-bond acceptors (Lipinski definition) is 2. The molecule has 1 N–H and O–H groups in total. The standard InChI is InChI=1S/C9H12ClNO/c1-6-2-3-11-5-7-4-8(10)12-9(6)7/h4,6,11H,2-3,5H2,1H3. The van der Waals surface area contributed by atoms with Gasteiger partial charge in [-0.3, -0.25) is 0 Å². The quantitative estimate of drug-likeness (QED) is 0.672. The van der Waals surface area contributed by atoms with Crippen LogP contribution in [-0.2, 0) is 6.54 Å². The Morgan fingerprint density at radius 3 is 3.33 bits per heavy atom. The van der Waals surface area contributed by atoms with Crippen LogP contribution >= 0.6 is 11.6 Å². The fraction of sp³-hybridized carbons (Fsp3) is 0.556. The minimum Gasteiger partial charge on any atom is -0.449 e. The molecule has 0 spiro atoms. The molecule has 1 atom stereocenters. The maximum absolute atomic E-state index is 5.78. The highest BCUT2D eigenvalue weighted by atomic mass is 35.5. The predicted molar refractivity (Wildman–Crippen MR) is 48.5 cm³/mol. The van der Waals surface area contributed by atoms with E-state index in [1.165, 1.54) is 5.56 Å². The lowest BCUT2D eigenvalue weighted by atomic mass is 10.0. The van der Waals surface area contributed by atoms with Crippen molar-refractivity contribution in [3.63, 3.8) is 0 Å². The van der Waals surface area contributed by atoms with E-state index in [-0.39, 0.29) is 0 Å². The highest BCUT2D eigenvalue weighted by Crippen LogP contribution is 2.29. The van der Waals surface area contributed by atoms with Gasteiger partial charge in [-0.1, -0.05) is 6.92 Å². The second-order valence-corrected chi connectivity index (χ2v) is 3.68. The molecular formula is C9H12ClNO. The van der Waals surface area contributed by atoms with E-state index in [2.05, 4.69) is 12.2 Å². The monoisotopic (exact) mass is 185 g/mol. The second kappa shape index (κ2) is 3.11. The van der Waals surface area contributed by atoms with Crippen LogP contribution in [-0.4, -0.2) is 6.54 Å². The Morgan fingerprint density at radius 1 is 1.67 bits per heavy atom. The van der Waals surface area contributed by atoms with E-state index in [9.17, 15) is 0 Å². The molecule has 0 saturated heterocycles. The molecule has 2 heterocycles. The number of fused-ring (bicyclic) bond motifs is 1. The molecule has 0 aromatic carbocycles. The van der Waals surface area contributed by atoms with Gasteiger partial charge in [0.2, 0.25) is 0 Å². The second-order valence-electron chi connectivity index (χ2n) is 3.31. The van der Waals surface area contributed by atoms with Crippen LogP contribution in [0.5, 0.6) is 0 Å². The summed E-state index contributed by atoms with van der Waals surface area (Å²) in [4.78, 5) is 0. The minimum atomic E-state index is 0.488. The topological polar surface area (TPSA) is 25.2 Å². The third kappa shape index (κ3) is 1.37. The van der Waals surface area contributed by atoms with Gasteiger partial charge in [0.25, 0.3) is 0 Å². The van der Waals surface area contributed by atoms with Gasteiger partial charge in [0.05, 0.1) is 0 Å². The van der Waals surface area contributed by atoms with E-state index in [1.54, 1.807) is 0 Å². The number of hydrogen-bond donors (Lipinski definition) is 1. The van der Waals surface area contributed by atoms with E-state index in [1.807, 2.05) is 6.07 Å². The fourth-order valence-corrected chi connectivity index (χ4v) is 1.85. The Kier molecular flexibility index (Phi) is 2.11. The molecule has 1 aromatic heterocycles. The van der Waals surface area contributed by atoms with Crippen LogP contribution < -0.4 is 5.32 Å². The molecule has 12 heavy (non-hydrogen) atoms. The predicted octanol–water partition coefficient (Wildman–Crippen LogP) is 2.53. The summed E-state index contributed by atoms with van der Waals surface area (Å²) in [5.41, 5.74) is 1.21. The van der Waals surface area contributed by atoms with Crippen LogP contribution in [0.4, 0.5) is 0 Å². The Bertz CT molecular complexity index is 282. The zero-order valence-corrected chi connectivity index (χ0v) is 7.82. The highest BCUT2D eigenvalue weighted by Gasteiger charge is 2.18. The van der Waals surface area contributed by atoms with Gasteiger partial charge in [-0.05, 0) is 24.6 Å². The van der Waals surface area contributed by atoms with Crippen molar-refractivity contribution in [2.75, 3.05) is 6.54 Å². The summed E-state index contributed by atoms with van der Waals surface area (Å²) >= 11 is 5.78. The van der Waals surface area contributed by atoms with Crippen LogP contribution in [0.3, 0.4) is 0 Å². The lowest BCUT2D eigenvalue weighted by Crippen LogP contribution is -2.11. The van der Waals surface area contributed by atoms with Gasteiger partial charge in [0.15, 0.2) is 5.22 Å². The number of furan rings is 1. The average molecular weight is 186 g/mol. The number of nitrogens with one attached hydrogen (secondary N) is 1. The summed E-state index contributed by atoms with van der Waals surface area (Å²) in [6.07, 6.45) is 1.12. The lowest BCUT2D eigenvalue weighted by Gasteiger charge is -2.04. The molecule has 2 nitrogen and oxygen atoms in total. The van der Waals surface area contributed by atoms with Crippen LogP contribution in [0.1, 0.15) is 30.6 Å². The molecular weight excluding hydrogens is 174 g/mol. The van der Waals surface area contributed by atoms with Crippen molar-refractivity contribution in [2.24, 2.45) is 0 Å². The van der Waals surface area contributed by atoms with Gasteiger partial charge in [-0.15, -0.1) is 0 Å². The summed E-state index contributed by atoms with van der Waals surface area (Å²) < 4.78 is 5.42. The van der Waals surface area contributed by atoms with Crippen molar-refractivity contribution in [3.8, 4) is 0 Å². The van der Waals surface area contributed by atoms with Crippen molar-refractivity contribution in [3.05, 3.63) is 22.6 Å². The normalized spacial score (nSPS) is 23.3. The molecule has 1 unspecified atom stereocenters. The molecule has 1 aliphatic rings. The van der Waals surface area contributed by atoms with E-state index in [0.717, 1.165) is 25.3 Å². The average Bonchev–Trinajstić information content (AvgIpc) is 2.33. The summed E-state index contributed by atoms with van der Waals surface area (Å²) in [6.45, 7) is 4.12. The van der Waals surface area contributed by atoms with Crippen LogP contribution in [0.25, 0.3) is 0 Å². The van der Waals surface area contributed by atoms with Gasteiger partial charge in [0.1, 0.15) is 5.76 Å². The Labute approximate surface area is 76.9 Å². The first-order valence-electron chi connectivity index (χ1n) is 4.26. The molecule has 0 fully saturated rings. The van der Waals surface area contributed by atoms with Crippen molar-refractivity contribution in [2.45, 2.75) is 25.8 Å². The molecule has 1 aromatic rings. The molecule has 1 aliphatic heterocycles. The maximum atomic E-state index is 5.78. The molecule has 3 heteroatoms. The molecule has 2 rings (SSSR count). The Morgan fingerprint density at radius 2 is 2.50 bits per heavy atom. The van der Waals surface area contributed by atoms with Crippen molar-refractivity contribution < 1.29 is 4.42 Å². The first-order chi connectivity index (χ1) is 5.77. The van der Waals surface area contributed by atoms with Crippen LogP contribution in [0, 0.1) is 0 Å². The largest absolute Gasteiger partial charge is 0.449 e. The summed E-state index contributed by atoms with van der Waals surface area (Å²) in [5.74, 6) is 1.55. The molecule has 66 valence electrons. The van der Waals surface area contributed by atoms with E-state index >= 15 is 0 Å². The SMILES string of the molecule is CC1CCNCc2cc(Cl)oc21. The number of rotatable bonds is 0. The van der Waals surface area contributed by atoms with Gasteiger partial charge in [-0.2, -0.15) is 0 Å². The zero-order chi connectivity index (χ0) is 8.55. The van der Waals surface area contributed by atoms with Crippen LogP contribution in [0.15, 0.2) is 10.5 Å². The Hall–Kier alpha value is -0.470. The fourth-order valence-electron chi connectivity index (χ4n) is 1.64. The number of halogens is 1. The van der Waals surface area contributed by atoms with Crippen molar-refractivity contribution in [1.82, 2.24) is 5.32 Å². The molecule has 0 bridgehead atoms. The third-order valence-corrected chi connectivity index (χ3v) is 2.52. The molecule has 0 amide bonds. The summed E-state index contributed by atoms with van der Waals surface area (Å²) in [6, 6.07) is 1.91. The minimum absolute atomic E-state index is 0.488. The summed E-state index contributed by atoms with van der Waals surface area (Å²) in [7, 11) is 0. The van der Waals surface area contributed by atoms with E-state index < -0.39 is 0 Å². The summed E-state index contributed by atoms with van der Waals surface area (Å²) in [5, 5.41) is 3.84. The van der Waals surface area contributed by atoms with Gasteiger partial charge < -0.3 is 9.73 Å². The van der Waals surface area contributed by atoms with E-state index in [0.29, 0.717) is 11.1 Å². The molecule has 0 aliphatic carbocycles. The highest BCUT2D eigenvalue weighted by molar-refractivity contribution is 6.28. The smallest absolute Gasteiger partial charge is 0.193 e. The van der Waals surface area contributed by atoms with Crippen molar-refractivity contribution in [1.29, 1.82) is 0 Å². The van der Waals surface area contributed by atoms with Crippen LogP contribution in [0.2, 0.25) is 5.22 Å². The zero-order valence-electron chi connectivity index (χ0n) is 7.06. The maximum Gasteiger partial charge on any atom is 0.193 e.